The molecule has 146 valence electrons. The Hall–Kier alpha value is -1.51. The standard InChI is InChI=1S/C18H14Cl3N3O2S2/c1-10-6-13(4-5-14(10)20)26-8-16(25)22-17-23-24-18(28-17)27-9-11-2-3-12(19)7-15(11)21/h2-7H,8-9H2,1H3,(H,22,23,25). The molecule has 0 aliphatic carbocycles. The van der Waals surface area contributed by atoms with E-state index in [1.165, 1.54) is 23.1 Å². The number of amides is 1. The van der Waals surface area contributed by atoms with E-state index in [4.69, 9.17) is 39.5 Å². The number of carbonyl (C=O) groups is 1. The first kappa shape index (κ1) is 21.2. The van der Waals surface area contributed by atoms with Crippen LogP contribution in [0.1, 0.15) is 11.1 Å². The molecule has 1 aromatic heterocycles. The molecule has 28 heavy (non-hydrogen) atoms. The molecule has 3 aromatic rings. The van der Waals surface area contributed by atoms with Gasteiger partial charge in [0.15, 0.2) is 10.9 Å². The number of aryl methyl sites for hydroxylation is 1. The zero-order valence-electron chi connectivity index (χ0n) is 14.5. The Balaban J connectivity index is 1.49. The predicted molar refractivity (Wildman–Crippen MR) is 116 cm³/mol. The van der Waals surface area contributed by atoms with E-state index >= 15 is 0 Å². The first-order valence-corrected chi connectivity index (χ1v) is 10.9. The van der Waals surface area contributed by atoms with E-state index in [0.717, 1.165) is 15.5 Å². The Labute approximate surface area is 185 Å². The number of aromatic nitrogens is 2. The van der Waals surface area contributed by atoms with Crippen LogP contribution in [-0.2, 0) is 10.5 Å². The zero-order chi connectivity index (χ0) is 20.1. The van der Waals surface area contributed by atoms with Crippen LogP contribution < -0.4 is 10.1 Å². The van der Waals surface area contributed by atoms with Gasteiger partial charge in [-0.05, 0) is 48.4 Å². The quantitative estimate of drug-likeness (QED) is 0.330. The molecule has 0 bridgehead atoms. The Morgan fingerprint density at radius 3 is 2.71 bits per heavy atom. The fourth-order valence-corrected chi connectivity index (χ4v) is 4.55. The molecule has 1 amide bonds. The highest BCUT2D eigenvalue weighted by Gasteiger charge is 2.11. The number of rotatable bonds is 7. The van der Waals surface area contributed by atoms with Crippen LogP contribution in [0.5, 0.6) is 5.75 Å². The van der Waals surface area contributed by atoms with Crippen molar-refractivity contribution >= 4 is 68.9 Å². The van der Waals surface area contributed by atoms with Crippen molar-refractivity contribution in [3.63, 3.8) is 0 Å². The molecule has 0 unspecified atom stereocenters. The van der Waals surface area contributed by atoms with Crippen molar-refractivity contribution in [3.05, 3.63) is 62.6 Å². The van der Waals surface area contributed by atoms with Crippen molar-refractivity contribution < 1.29 is 9.53 Å². The summed E-state index contributed by atoms with van der Waals surface area (Å²) in [5.74, 6) is 0.879. The Bertz CT molecular complexity index is 998. The van der Waals surface area contributed by atoms with Crippen molar-refractivity contribution in [1.82, 2.24) is 10.2 Å². The summed E-state index contributed by atoms with van der Waals surface area (Å²) in [6.45, 7) is 1.73. The summed E-state index contributed by atoms with van der Waals surface area (Å²) in [7, 11) is 0. The first-order valence-electron chi connectivity index (χ1n) is 8.00. The van der Waals surface area contributed by atoms with Gasteiger partial charge < -0.3 is 4.74 Å². The van der Waals surface area contributed by atoms with Gasteiger partial charge in [0.05, 0.1) is 0 Å². The smallest absolute Gasteiger partial charge is 0.264 e. The maximum atomic E-state index is 12.0. The minimum Gasteiger partial charge on any atom is -0.484 e. The normalized spacial score (nSPS) is 10.7. The van der Waals surface area contributed by atoms with Gasteiger partial charge in [-0.25, -0.2) is 0 Å². The molecule has 0 spiro atoms. The lowest BCUT2D eigenvalue weighted by atomic mass is 10.2. The van der Waals surface area contributed by atoms with Crippen LogP contribution in [0.4, 0.5) is 5.13 Å². The summed E-state index contributed by atoms with van der Waals surface area (Å²) in [5, 5.41) is 13.0. The molecule has 5 nitrogen and oxygen atoms in total. The second kappa shape index (κ2) is 9.80. The minimum atomic E-state index is -0.318. The van der Waals surface area contributed by atoms with E-state index in [-0.39, 0.29) is 12.5 Å². The van der Waals surface area contributed by atoms with Gasteiger partial charge in [-0.1, -0.05) is 64.0 Å². The molecule has 0 fully saturated rings. The number of thioether (sulfide) groups is 1. The van der Waals surface area contributed by atoms with E-state index < -0.39 is 0 Å². The highest BCUT2D eigenvalue weighted by molar-refractivity contribution is 8.00. The molecule has 0 saturated heterocycles. The molecule has 1 heterocycles. The Morgan fingerprint density at radius 2 is 1.96 bits per heavy atom. The van der Waals surface area contributed by atoms with Gasteiger partial charge in [0, 0.05) is 20.8 Å². The second-order valence-corrected chi connectivity index (χ2v) is 9.10. The molecule has 0 aliphatic rings. The maximum absolute atomic E-state index is 12.0. The zero-order valence-corrected chi connectivity index (χ0v) is 18.4. The van der Waals surface area contributed by atoms with Crippen molar-refractivity contribution in [2.45, 2.75) is 17.0 Å². The van der Waals surface area contributed by atoms with Gasteiger partial charge in [-0.15, -0.1) is 10.2 Å². The number of ether oxygens (including phenoxy) is 1. The maximum Gasteiger partial charge on any atom is 0.264 e. The average molecular weight is 475 g/mol. The average Bonchev–Trinajstić information content (AvgIpc) is 3.09. The lowest BCUT2D eigenvalue weighted by molar-refractivity contribution is -0.118. The molecule has 0 radical (unpaired) electrons. The van der Waals surface area contributed by atoms with E-state index in [0.29, 0.717) is 31.7 Å². The summed E-state index contributed by atoms with van der Waals surface area (Å²) in [4.78, 5) is 12.0. The lowest BCUT2D eigenvalue weighted by Crippen LogP contribution is -2.20. The van der Waals surface area contributed by atoms with Crippen LogP contribution >= 0.6 is 57.9 Å². The van der Waals surface area contributed by atoms with Gasteiger partial charge in [-0.3, -0.25) is 10.1 Å². The SMILES string of the molecule is Cc1cc(OCC(=O)Nc2nnc(SCc3ccc(Cl)cc3Cl)s2)ccc1Cl. The second-order valence-electron chi connectivity index (χ2n) is 5.65. The van der Waals surface area contributed by atoms with Crippen molar-refractivity contribution in [2.24, 2.45) is 0 Å². The first-order chi connectivity index (χ1) is 13.4. The van der Waals surface area contributed by atoms with Crippen LogP contribution in [-0.4, -0.2) is 22.7 Å². The van der Waals surface area contributed by atoms with Crippen molar-refractivity contribution in [1.29, 1.82) is 0 Å². The molecule has 1 N–H and O–H groups in total. The van der Waals surface area contributed by atoms with Crippen molar-refractivity contribution in [3.8, 4) is 5.75 Å². The molecule has 3 rings (SSSR count). The Morgan fingerprint density at radius 1 is 1.14 bits per heavy atom. The van der Waals surface area contributed by atoms with Crippen LogP contribution in [0.2, 0.25) is 15.1 Å². The molecule has 0 atom stereocenters. The summed E-state index contributed by atoms with van der Waals surface area (Å²) in [5.41, 5.74) is 1.83. The summed E-state index contributed by atoms with van der Waals surface area (Å²) >= 11 is 20.8. The van der Waals surface area contributed by atoms with E-state index in [9.17, 15) is 4.79 Å². The van der Waals surface area contributed by atoms with Crippen LogP contribution in [0, 0.1) is 6.92 Å². The minimum absolute atomic E-state index is 0.135. The highest BCUT2D eigenvalue weighted by atomic mass is 35.5. The summed E-state index contributed by atoms with van der Waals surface area (Å²) < 4.78 is 6.18. The summed E-state index contributed by atoms with van der Waals surface area (Å²) in [6.07, 6.45) is 0. The third kappa shape index (κ3) is 5.99. The van der Waals surface area contributed by atoms with Gasteiger partial charge in [0.2, 0.25) is 5.13 Å². The number of anilines is 1. The third-order valence-electron chi connectivity index (χ3n) is 3.52. The largest absolute Gasteiger partial charge is 0.484 e. The molecular weight excluding hydrogens is 461 g/mol. The van der Waals surface area contributed by atoms with Gasteiger partial charge in [-0.2, -0.15) is 0 Å². The van der Waals surface area contributed by atoms with Gasteiger partial charge >= 0.3 is 0 Å². The number of hydrogen-bond acceptors (Lipinski definition) is 6. The molecule has 10 heteroatoms. The van der Waals surface area contributed by atoms with Crippen molar-refractivity contribution in [2.75, 3.05) is 11.9 Å². The fraction of sp³-hybridized carbons (Fsp3) is 0.167. The fourth-order valence-electron chi connectivity index (χ4n) is 2.11. The number of carbonyl (C=O) groups excluding carboxylic acids is 1. The lowest BCUT2D eigenvalue weighted by Gasteiger charge is -2.07. The number of hydrogen-bond donors (Lipinski definition) is 1. The monoisotopic (exact) mass is 473 g/mol. The molecule has 0 aliphatic heterocycles. The van der Waals surface area contributed by atoms with Crippen LogP contribution in [0.15, 0.2) is 40.7 Å². The van der Waals surface area contributed by atoms with E-state index in [1.54, 1.807) is 30.3 Å². The van der Waals surface area contributed by atoms with Crippen LogP contribution in [0.3, 0.4) is 0 Å². The van der Waals surface area contributed by atoms with E-state index in [1.807, 2.05) is 13.0 Å². The third-order valence-corrected chi connectivity index (χ3v) is 6.55. The topological polar surface area (TPSA) is 64.1 Å². The number of nitrogens with zero attached hydrogens (tertiary/aromatic N) is 2. The molecule has 2 aromatic carbocycles. The number of nitrogens with one attached hydrogen (secondary N) is 1. The van der Waals surface area contributed by atoms with Gasteiger partial charge in [0.1, 0.15) is 5.75 Å². The molecule has 0 saturated carbocycles. The predicted octanol–water partition coefficient (Wildman–Crippen LogP) is 6.12. The Kier molecular flexibility index (Phi) is 7.42. The van der Waals surface area contributed by atoms with Crippen LogP contribution in [0.25, 0.3) is 0 Å². The molecular formula is C18H14Cl3N3O2S2. The highest BCUT2D eigenvalue weighted by Crippen LogP contribution is 2.31. The van der Waals surface area contributed by atoms with E-state index in [2.05, 4.69) is 15.5 Å². The summed E-state index contributed by atoms with van der Waals surface area (Å²) in [6, 6.07) is 10.6. The number of halogens is 3. The van der Waals surface area contributed by atoms with Gasteiger partial charge in [0.25, 0.3) is 5.91 Å². The number of benzene rings is 2.